The molecule has 0 saturated heterocycles. The van der Waals surface area contributed by atoms with Gasteiger partial charge in [0.15, 0.2) is 11.5 Å². The summed E-state index contributed by atoms with van der Waals surface area (Å²) < 4.78 is 12.3. The maximum Gasteiger partial charge on any atom is 0.258 e. The average molecular weight is 406 g/mol. The van der Waals surface area contributed by atoms with Gasteiger partial charge in [0.2, 0.25) is 0 Å². The summed E-state index contributed by atoms with van der Waals surface area (Å²) in [6.07, 6.45) is 3.46. The van der Waals surface area contributed by atoms with Gasteiger partial charge in [-0.15, -0.1) is 0 Å². The average Bonchev–Trinajstić information content (AvgIpc) is 3.17. The Bertz CT molecular complexity index is 1200. The summed E-state index contributed by atoms with van der Waals surface area (Å²) in [5.74, 6) is 0.741. The summed E-state index contributed by atoms with van der Waals surface area (Å²) >= 11 is 0. The zero-order valence-corrected chi connectivity index (χ0v) is 17.7. The van der Waals surface area contributed by atoms with E-state index < -0.39 is 0 Å². The number of hydrogen-bond donors (Lipinski definition) is 1. The number of nitrogens with zero attached hydrogens (tertiary/aromatic N) is 1. The van der Waals surface area contributed by atoms with Crippen LogP contribution in [0.25, 0.3) is 10.8 Å². The van der Waals surface area contributed by atoms with Crippen molar-refractivity contribution in [3.8, 4) is 11.5 Å². The quantitative estimate of drug-likeness (QED) is 0.700. The van der Waals surface area contributed by atoms with E-state index in [1.807, 2.05) is 13.0 Å². The minimum absolute atomic E-state index is 0.0374. The summed E-state index contributed by atoms with van der Waals surface area (Å²) in [4.78, 5) is 26.2. The number of ether oxygens (including phenoxy) is 2. The molecule has 0 fully saturated rings. The van der Waals surface area contributed by atoms with Crippen molar-refractivity contribution in [2.75, 3.05) is 14.2 Å². The van der Waals surface area contributed by atoms with E-state index in [1.54, 1.807) is 22.9 Å². The maximum absolute atomic E-state index is 13.3. The molecule has 6 heteroatoms. The summed E-state index contributed by atoms with van der Waals surface area (Å²) in [7, 11) is 3.06. The standard InChI is InChI=1S/C24H26N2O4/c1-5-26-13-19(17-11-21(29-3)22(30-4)12-18(17)24(26)28)23(27)25-20-10-9-15-14(2)7-6-8-16(15)20/h6-8,11-13,20H,5,9-10H2,1-4H3,(H,25,27). The number of pyridine rings is 1. The summed E-state index contributed by atoms with van der Waals surface area (Å²) in [5.41, 5.74) is 4.04. The molecule has 156 valence electrons. The molecule has 1 amide bonds. The van der Waals surface area contributed by atoms with Crippen molar-refractivity contribution in [3.63, 3.8) is 0 Å². The molecule has 1 aliphatic rings. The highest BCUT2D eigenvalue weighted by Crippen LogP contribution is 2.35. The first-order chi connectivity index (χ1) is 14.5. The summed E-state index contributed by atoms with van der Waals surface area (Å²) in [6.45, 7) is 4.45. The molecule has 1 unspecified atom stereocenters. The van der Waals surface area contributed by atoms with E-state index in [9.17, 15) is 9.59 Å². The smallest absolute Gasteiger partial charge is 0.258 e. The molecule has 1 atom stereocenters. The zero-order valence-electron chi connectivity index (χ0n) is 17.7. The number of nitrogens with one attached hydrogen (secondary N) is 1. The van der Waals surface area contributed by atoms with Crippen molar-refractivity contribution in [2.24, 2.45) is 0 Å². The van der Waals surface area contributed by atoms with E-state index in [1.165, 1.54) is 30.9 Å². The number of benzene rings is 2. The molecule has 30 heavy (non-hydrogen) atoms. The second-order valence-electron chi connectivity index (χ2n) is 7.59. The number of amides is 1. The van der Waals surface area contributed by atoms with Crippen LogP contribution in [0.2, 0.25) is 0 Å². The van der Waals surface area contributed by atoms with Gasteiger partial charge in [0.05, 0.1) is 31.2 Å². The molecule has 0 aliphatic heterocycles. The van der Waals surface area contributed by atoms with Crippen molar-refractivity contribution in [1.82, 2.24) is 9.88 Å². The third-order valence-corrected chi connectivity index (χ3v) is 5.99. The van der Waals surface area contributed by atoms with Crippen LogP contribution in [-0.4, -0.2) is 24.7 Å². The Morgan fingerprint density at radius 2 is 1.87 bits per heavy atom. The van der Waals surface area contributed by atoms with Gasteiger partial charge in [-0.25, -0.2) is 0 Å². The van der Waals surface area contributed by atoms with Crippen molar-refractivity contribution in [3.05, 3.63) is 69.1 Å². The van der Waals surface area contributed by atoms with E-state index in [4.69, 9.17) is 9.47 Å². The van der Waals surface area contributed by atoms with Crippen LogP contribution in [0.1, 0.15) is 46.4 Å². The number of hydrogen-bond acceptors (Lipinski definition) is 4. The zero-order chi connectivity index (χ0) is 21.4. The lowest BCUT2D eigenvalue weighted by Crippen LogP contribution is -2.30. The number of aryl methyl sites for hydroxylation is 2. The van der Waals surface area contributed by atoms with Gasteiger partial charge < -0.3 is 19.4 Å². The monoisotopic (exact) mass is 406 g/mol. The van der Waals surface area contributed by atoms with Crippen LogP contribution in [-0.2, 0) is 13.0 Å². The van der Waals surface area contributed by atoms with Crippen LogP contribution in [0.4, 0.5) is 0 Å². The van der Waals surface area contributed by atoms with Gasteiger partial charge in [0, 0.05) is 18.1 Å². The minimum atomic E-state index is -0.200. The first-order valence-corrected chi connectivity index (χ1v) is 10.2. The van der Waals surface area contributed by atoms with Gasteiger partial charge >= 0.3 is 0 Å². The molecule has 1 heterocycles. The van der Waals surface area contributed by atoms with Crippen molar-refractivity contribution in [2.45, 2.75) is 39.3 Å². The molecule has 0 radical (unpaired) electrons. The molecule has 1 N–H and O–H groups in total. The second-order valence-corrected chi connectivity index (χ2v) is 7.59. The summed E-state index contributed by atoms with van der Waals surface area (Å²) in [6, 6.07) is 9.53. The van der Waals surface area contributed by atoms with Crippen molar-refractivity contribution < 1.29 is 14.3 Å². The molecule has 4 rings (SSSR count). The lowest BCUT2D eigenvalue weighted by molar-refractivity contribution is 0.0937. The first-order valence-electron chi connectivity index (χ1n) is 10.2. The number of carbonyl (C=O) groups excluding carboxylic acids is 1. The molecule has 3 aromatic rings. The maximum atomic E-state index is 13.3. The van der Waals surface area contributed by atoms with Gasteiger partial charge in [-0.1, -0.05) is 18.2 Å². The molecular weight excluding hydrogens is 380 g/mol. The molecule has 1 aliphatic carbocycles. The Morgan fingerprint density at radius 3 is 2.53 bits per heavy atom. The van der Waals surface area contributed by atoms with Crippen LogP contribution in [0.5, 0.6) is 11.5 Å². The second kappa shape index (κ2) is 7.86. The highest BCUT2D eigenvalue weighted by Gasteiger charge is 2.26. The lowest BCUT2D eigenvalue weighted by Gasteiger charge is -2.17. The normalized spacial score (nSPS) is 15.1. The largest absolute Gasteiger partial charge is 0.493 e. The van der Waals surface area contributed by atoms with E-state index in [0.717, 1.165) is 12.8 Å². The third kappa shape index (κ3) is 3.22. The molecule has 0 spiro atoms. The highest BCUT2D eigenvalue weighted by atomic mass is 16.5. The van der Waals surface area contributed by atoms with Gasteiger partial charge in [0.1, 0.15) is 0 Å². The van der Waals surface area contributed by atoms with E-state index in [-0.39, 0.29) is 17.5 Å². The SMILES string of the molecule is CCn1cc(C(=O)NC2CCc3c(C)cccc32)c2cc(OC)c(OC)cc2c1=O. The Hall–Kier alpha value is -3.28. The van der Waals surface area contributed by atoms with Crippen LogP contribution >= 0.6 is 0 Å². The summed E-state index contributed by atoms with van der Waals surface area (Å²) in [5, 5.41) is 4.17. The predicted octanol–water partition coefficient (Wildman–Crippen LogP) is 3.76. The molecular formula is C24H26N2O4. The molecule has 1 aromatic heterocycles. The van der Waals surface area contributed by atoms with Crippen molar-refractivity contribution in [1.29, 1.82) is 0 Å². The Morgan fingerprint density at radius 1 is 1.17 bits per heavy atom. The van der Waals surface area contributed by atoms with Crippen LogP contribution < -0.4 is 20.3 Å². The number of aromatic nitrogens is 1. The third-order valence-electron chi connectivity index (χ3n) is 5.99. The van der Waals surface area contributed by atoms with Crippen LogP contribution in [0.3, 0.4) is 0 Å². The number of rotatable bonds is 5. The Balaban J connectivity index is 1.80. The Labute approximate surface area is 175 Å². The molecule has 2 aromatic carbocycles. The lowest BCUT2D eigenvalue weighted by atomic mass is 10.0. The fourth-order valence-corrected chi connectivity index (χ4v) is 4.36. The van der Waals surface area contributed by atoms with E-state index in [2.05, 4.69) is 24.4 Å². The number of methoxy groups -OCH3 is 2. The molecule has 0 saturated carbocycles. The minimum Gasteiger partial charge on any atom is -0.493 e. The van der Waals surface area contributed by atoms with Crippen molar-refractivity contribution >= 4 is 16.7 Å². The van der Waals surface area contributed by atoms with Gasteiger partial charge in [-0.3, -0.25) is 9.59 Å². The molecule has 6 nitrogen and oxygen atoms in total. The first kappa shape index (κ1) is 20.0. The van der Waals surface area contributed by atoms with Crippen LogP contribution in [0.15, 0.2) is 41.3 Å². The number of carbonyl (C=O) groups is 1. The topological polar surface area (TPSA) is 69.6 Å². The van der Waals surface area contributed by atoms with E-state index >= 15 is 0 Å². The molecule has 0 bridgehead atoms. The van der Waals surface area contributed by atoms with Gasteiger partial charge in [-0.05, 0) is 55.5 Å². The fraction of sp³-hybridized carbons (Fsp3) is 0.333. The number of fused-ring (bicyclic) bond motifs is 2. The van der Waals surface area contributed by atoms with Gasteiger partial charge in [0.25, 0.3) is 11.5 Å². The highest BCUT2D eigenvalue weighted by molar-refractivity contribution is 6.07. The van der Waals surface area contributed by atoms with Gasteiger partial charge in [-0.2, -0.15) is 0 Å². The van der Waals surface area contributed by atoms with Crippen LogP contribution in [0, 0.1) is 6.92 Å². The fourth-order valence-electron chi connectivity index (χ4n) is 4.36. The van der Waals surface area contributed by atoms with E-state index in [0.29, 0.717) is 34.4 Å². The Kier molecular flexibility index (Phi) is 5.24. The predicted molar refractivity (Wildman–Crippen MR) is 117 cm³/mol.